The van der Waals surface area contributed by atoms with Crippen molar-refractivity contribution >= 4 is 5.97 Å². The van der Waals surface area contributed by atoms with Crippen LogP contribution in [-0.4, -0.2) is 48.7 Å². The van der Waals surface area contributed by atoms with Crippen LogP contribution in [0.5, 0.6) is 5.75 Å². The van der Waals surface area contributed by atoms with E-state index in [4.69, 9.17) is 9.47 Å². The van der Waals surface area contributed by atoms with Crippen LogP contribution in [0.4, 0.5) is 0 Å². The molecule has 2 aromatic heterocycles. The number of aromatic nitrogens is 6. The van der Waals surface area contributed by atoms with Gasteiger partial charge < -0.3 is 9.47 Å². The number of fused-ring (bicyclic) bond motifs is 1. The van der Waals surface area contributed by atoms with Gasteiger partial charge >= 0.3 is 5.97 Å². The highest BCUT2D eigenvalue weighted by Crippen LogP contribution is 2.34. The summed E-state index contributed by atoms with van der Waals surface area (Å²) in [7, 11) is 0. The molecule has 10 nitrogen and oxygen atoms in total. The average molecular weight is 607 g/mol. The van der Waals surface area contributed by atoms with E-state index in [1.165, 1.54) is 0 Å². The fraction of sp³-hybridized carbons (Fsp3) is 0.343. The highest BCUT2D eigenvalue weighted by molar-refractivity contribution is 5.89. The zero-order chi connectivity index (χ0) is 31.3. The molecule has 0 saturated heterocycles. The Kier molecular flexibility index (Phi) is 8.91. The van der Waals surface area contributed by atoms with Crippen molar-refractivity contribution in [2.45, 2.75) is 71.1 Å². The average Bonchev–Trinajstić information content (AvgIpc) is 3.71. The standard InChI is InChI=1S/C35H38N6O4/c1-4-9-32(45-28-11-8-10-26(21-28)35(43)44-5-2)31-19-14-23(3)40-22-27(34(42)41(31)40)20-24-15-17-25(18-16-24)29-12-6-7-13-30(29)33-36-38-39-37-33/h6-8,10-13,15-18,21-23,31-32H,4-5,9,14,19-20H2,1-3H3,(H,36,37,38,39). The molecule has 3 heterocycles. The summed E-state index contributed by atoms with van der Waals surface area (Å²) in [6, 6.07) is 23.4. The summed E-state index contributed by atoms with van der Waals surface area (Å²) < 4.78 is 15.7. The van der Waals surface area contributed by atoms with E-state index in [0.717, 1.165) is 53.5 Å². The van der Waals surface area contributed by atoms with Crippen molar-refractivity contribution in [3.05, 3.63) is 106 Å². The predicted molar refractivity (Wildman–Crippen MR) is 171 cm³/mol. The number of aromatic amines is 1. The first kappa shape index (κ1) is 30.1. The number of nitrogens with one attached hydrogen (secondary N) is 1. The Morgan fingerprint density at radius 3 is 2.56 bits per heavy atom. The summed E-state index contributed by atoms with van der Waals surface area (Å²) in [6.07, 6.45) is 5.78. The van der Waals surface area contributed by atoms with E-state index in [1.807, 2.05) is 41.2 Å². The van der Waals surface area contributed by atoms with Crippen molar-refractivity contribution in [3.8, 4) is 28.3 Å². The molecule has 10 heteroatoms. The van der Waals surface area contributed by atoms with Gasteiger partial charge in [0.25, 0.3) is 5.56 Å². The van der Waals surface area contributed by atoms with Gasteiger partial charge in [-0.2, -0.15) is 5.21 Å². The molecule has 0 aliphatic carbocycles. The minimum Gasteiger partial charge on any atom is -0.488 e. The molecule has 1 aliphatic rings. The number of ether oxygens (including phenoxy) is 2. The van der Waals surface area contributed by atoms with Crippen LogP contribution in [0.25, 0.3) is 22.5 Å². The first-order valence-corrected chi connectivity index (χ1v) is 15.6. The first-order chi connectivity index (χ1) is 22.0. The number of hydrogen-bond donors (Lipinski definition) is 1. The first-order valence-electron chi connectivity index (χ1n) is 15.6. The normalized spacial score (nSPS) is 16.6. The van der Waals surface area contributed by atoms with Crippen molar-refractivity contribution in [1.82, 2.24) is 30.0 Å². The molecule has 0 fully saturated rings. The molecule has 5 aromatic rings. The van der Waals surface area contributed by atoms with Crippen molar-refractivity contribution in [2.24, 2.45) is 0 Å². The van der Waals surface area contributed by atoms with Crippen LogP contribution in [0.2, 0.25) is 0 Å². The van der Waals surface area contributed by atoms with Gasteiger partial charge in [-0.1, -0.05) is 67.9 Å². The molecule has 232 valence electrons. The lowest BCUT2D eigenvalue weighted by Crippen LogP contribution is -2.41. The third kappa shape index (κ3) is 6.31. The molecule has 0 spiro atoms. The molecule has 1 aliphatic heterocycles. The molecule has 0 saturated carbocycles. The van der Waals surface area contributed by atoms with Crippen molar-refractivity contribution < 1.29 is 14.3 Å². The summed E-state index contributed by atoms with van der Waals surface area (Å²) in [5.41, 5.74) is 5.22. The van der Waals surface area contributed by atoms with Crippen LogP contribution >= 0.6 is 0 Å². The number of tetrazole rings is 1. The van der Waals surface area contributed by atoms with E-state index in [0.29, 0.717) is 30.2 Å². The number of esters is 1. The highest BCUT2D eigenvalue weighted by Gasteiger charge is 2.34. The molecule has 45 heavy (non-hydrogen) atoms. The van der Waals surface area contributed by atoms with Crippen molar-refractivity contribution in [2.75, 3.05) is 6.61 Å². The molecule has 0 bridgehead atoms. The van der Waals surface area contributed by atoms with Crippen molar-refractivity contribution in [1.29, 1.82) is 0 Å². The van der Waals surface area contributed by atoms with Crippen LogP contribution in [-0.2, 0) is 11.2 Å². The Morgan fingerprint density at radius 1 is 1.02 bits per heavy atom. The fourth-order valence-electron chi connectivity index (χ4n) is 6.25. The number of carbonyl (C=O) groups is 1. The van der Waals surface area contributed by atoms with Gasteiger partial charge in [-0.15, -0.1) is 10.2 Å². The third-order valence-corrected chi connectivity index (χ3v) is 8.47. The van der Waals surface area contributed by atoms with Crippen LogP contribution in [0, 0.1) is 0 Å². The second-order valence-electron chi connectivity index (χ2n) is 11.5. The molecular weight excluding hydrogens is 568 g/mol. The maximum atomic E-state index is 14.0. The van der Waals surface area contributed by atoms with E-state index < -0.39 is 0 Å². The van der Waals surface area contributed by atoms with Gasteiger partial charge in [-0.25, -0.2) is 9.48 Å². The van der Waals surface area contributed by atoms with E-state index >= 15 is 0 Å². The fourth-order valence-corrected chi connectivity index (χ4v) is 6.25. The lowest BCUT2D eigenvalue weighted by atomic mass is 9.97. The van der Waals surface area contributed by atoms with Gasteiger partial charge in [0.2, 0.25) is 5.82 Å². The lowest BCUT2D eigenvalue weighted by molar-refractivity contribution is 0.0523. The second-order valence-corrected chi connectivity index (χ2v) is 11.5. The highest BCUT2D eigenvalue weighted by atomic mass is 16.5. The van der Waals surface area contributed by atoms with Crippen LogP contribution in [0.1, 0.15) is 80.0 Å². The smallest absolute Gasteiger partial charge is 0.338 e. The number of nitrogens with zero attached hydrogens (tertiary/aromatic N) is 5. The molecule has 3 atom stereocenters. The summed E-state index contributed by atoms with van der Waals surface area (Å²) >= 11 is 0. The molecule has 3 unspecified atom stereocenters. The number of rotatable bonds is 11. The molecule has 3 aromatic carbocycles. The summed E-state index contributed by atoms with van der Waals surface area (Å²) in [5, 5.41) is 14.5. The zero-order valence-corrected chi connectivity index (χ0v) is 25.8. The maximum absolute atomic E-state index is 14.0. The summed E-state index contributed by atoms with van der Waals surface area (Å²) in [4.78, 5) is 26.3. The maximum Gasteiger partial charge on any atom is 0.338 e. The van der Waals surface area contributed by atoms with Crippen molar-refractivity contribution in [3.63, 3.8) is 0 Å². The van der Waals surface area contributed by atoms with Crippen LogP contribution < -0.4 is 10.3 Å². The molecule has 6 rings (SSSR count). The Hall–Kier alpha value is -4.99. The Labute approximate surface area is 262 Å². The molecule has 0 radical (unpaired) electrons. The predicted octanol–water partition coefficient (Wildman–Crippen LogP) is 6.41. The van der Waals surface area contributed by atoms with Gasteiger partial charge in [-0.05, 0) is 73.2 Å². The third-order valence-electron chi connectivity index (χ3n) is 8.47. The van der Waals surface area contributed by atoms with Crippen LogP contribution in [0.15, 0.2) is 83.8 Å². The zero-order valence-electron chi connectivity index (χ0n) is 25.8. The molecular formula is C35H38N6O4. The number of H-pyrrole nitrogens is 1. The second kappa shape index (κ2) is 13.3. The van der Waals surface area contributed by atoms with Crippen LogP contribution in [0.3, 0.4) is 0 Å². The van der Waals surface area contributed by atoms with Gasteiger partial charge in [0.05, 0.1) is 18.2 Å². The minimum atomic E-state index is -0.375. The summed E-state index contributed by atoms with van der Waals surface area (Å²) in [6.45, 7) is 6.37. The van der Waals surface area contributed by atoms with Gasteiger partial charge in [-0.3, -0.25) is 9.48 Å². The largest absolute Gasteiger partial charge is 0.488 e. The quantitative estimate of drug-likeness (QED) is 0.173. The topological polar surface area (TPSA) is 117 Å². The Bertz CT molecular complexity index is 1810. The van der Waals surface area contributed by atoms with Gasteiger partial charge in [0.1, 0.15) is 11.9 Å². The van der Waals surface area contributed by atoms with Gasteiger partial charge in [0, 0.05) is 29.8 Å². The van der Waals surface area contributed by atoms with E-state index in [9.17, 15) is 9.59 Å². The minimum absolute atomic E-state index is 0.0167. The number of benzene rings is 3. The Morgan fingerprint density at radius 2 is 1.82 bits per heavy atom. The monoisotopic (exact) mass is 606 g/mol. The SMILES string of the molecule is CCCC(Oc1cccc(C(=O)OCC)c1)C1CCC(C)n2cc(Cc3ccc(-c4ccccc4-c4nn[nH]n4)cc3)c(=O)n21. The van der Waals surface area contributed by atoms with E-state index in [2.05, 4.69) is 63.4 Å². The Balaban J connectivity index is 1.25. The molecule has 1 N–H and O–H groups in total. The van der Waals surface area contributed by atoms with E-state index in [1.54, 1.807) is 25.1 Å². The lowest BCUT2D eigenvalue weighted by Gasteiger charge is -2.36. The summed E-state index contributed by atoms with van der Waals surface area (Å²) in [5.74, 6) is 0.772. The van der Waals surface area contributed by atoms with E-state index in [-0.39, 0.29) is 29.7 Å². The number of hydrogen-bond acceptors (Lipinski definition) is 7. The molecule has 0 amide bonds. The van der Waals surface area contributed by atoms with Gasteiger partial charge in [0.15, 0.2) is 0 Å². The number of carbonyl (C=O) groups excluding carboxylic acids is 1.